The van der Waals surface area contributed by atoms with Gasteiger partial charge in [-0.1, -0.05) is 134 Å². The smallest absolute Gasteiger partial charge is 0.267 e. The zero-order valence-electron chi connectivity index (χ0n) is 24.9. The average molecular weight is 574 g/mol. The highest BCUT2D eigenvalue weighted by atomic mass is 32.2. The number of carbonyl (C=O) groups excluding carboxylic acids is 1. The van der Waals surface area contributed by atoms with Crippen molar-refractivity contribution in [1.82, 2.24) is 5.32 Å². The summed E-state index contributed by atoms with van der Waals surface area (Å²) in [7, 11) is -4.43. The van der Waals surface area contributed by atoms with Crippen LogP contribution < -0.4 is 5.32 Å². The van der Waals surface area contributed by atoms with Gasteiger partial charge in [-0.15, -0.1) is 0 Å². The van der Waals surface area contributed by atoms with E-state index in [1.807, 2.05) is 0 Å². The highest BCUT2D eigenvalue weighted by Gasteiger charge is 2.27. The third-order valence-corrected chi connectivity index (χ3v) is 7.77. The highest BCUT2D eigenvalue weighted by Crippen LogP contribution is 2.13. The van der Waals surface area contributed by atoms with Gasteiger partial charge >= 0.3 is 0 Å². The van der Waals surface area contributed by atoms with Gasteiger partial charge in [0.05, 0.1) is 17.9 Å². The van der Waals surface area contributed by atoms with Crippen molar-refractivity contribution >= 4 is 16.0 Å². The lowest BCUT2D eigenvalue weighted by Crippen LogP contribution is -2.50. The van der Waals surface area contributed by atoms with Crippen molar-refractivity contribution in [2.75, 3.05) is 5.75 Å². The van der Waals surface area contributed by atoms with Crippen molar-refractivity contribution in [3.8, 4) is 0 Å². The first-order chi connectivity index (χ1) is 18.7. The normalized spacial score (nSPS) is 14.7. The van der Waals surface area contributed by atoms with Gasteiger partial charge in [-0.05, 0) is 32.1 Å². The Morgan fingerprint density at radius 3 is 1.69 bits per heavy atom. The maximum absolute atomic E-state index is 12.4. The van der Waals surface area contributed by atoms with Crippen molar-refractivity contribution in [3.63, 3.8) is 0 Å². The number of aliphatic hydroxyl groups excluding tert-OH is 2. The summed E-state index contributed by atoms with van der Waals surface area (Å²) in [6.45, 7) is 4.42. The van der Waals surface area contributed by atoms with E-state index >= 15 is 0 Å². The molecule has 4 N–H and O–H groups in total. The molecule has 0 aromatic heterocycles. The summed E-state index contributed by atoms with van der Waals surface area (Å²) in [6, 6.07) is -1.24. The monoisotopic (exact) mass is 573 g/mol. The van der Waals surface area contributed by atoms with E-state index in [-0.39, 0.29) is 6.42 Å². The number of hydrogen-bond acceptors (Lipinski definition) is 5. The fraction of sp³-hybridized carbons (Fsp3) is 0.839. The second-order valence-corrected chi connectivity index (χ2v) is 12.4. The van der Waals surface area contributed by atoms with E-state index in [1.165, 1.54) is 83.1 Å². The number of unbranched alkanes of at least 4 members (excludes halogenated alkanes) is 16. The molecule has 1 amide bonds. The topological polar surface area (TPSA) is 124 Å². The van der Waals surface area contributed by atoms with E-state index in [2.05, 4.69) is 31.3 Å². The molecule has 0 heterocycles. The van der Waals surface area contributed by atoms with Crippen LogP contribution in [-0.4, -0.2) is 53.1 Å². The van der Waals surface area contributed by atoms with Crippen LogP contribution in [0.4, 0.5) is 0 Å². The Hall–Kier alpha value is -1.22. The Morgan fingerprint density at radius 2 is 1.15 bits per heavy atom. The van der Waals surface area contributed by atoms with Gasteiger partial charge < -0.3 is 15.5 Å². The lowest BCUT2D eigenvalue weighted by molar-refractivity contribution is -0.130. The first-order valence-corrected chi connectivity index (χ1v) is 17.3. The van der Waals surface area contributed by atoms with Gasteiger partial charge in [-0.2, -0.15) is 8.42 Å². The van der Waals surface area contributed by atoms with E-state index in [0.717, 1.165) is 32.1 Å². The largest absolute Gasteiger partial charge is 0.387 e. The molecule has 8 heteroatoms. The molecule has 0 aliphatic rings. The summed E-state index contributed by atoms with van der Waals surface area (Å²) in [5.74, 6) is -1.56. The molecule has 0 fully saturated rings. The number of aliphatic hydroxyl groups is 2. The molecular weight excluding hydrogens is 514 g/mol. The van der Waals surface area contributed by atoms with Gasteiger partial charge in [0, 0.05) is 0 Å². The molecule has 0 bridgehead atoms. The van der Waals surface area contributed by atoms with Gasteiger partial charge in [-0.25, -0.2) is 0 Å². The molecule has 3 atom stereocenters. The standard InChI is InChI=1S/C31H59NO6S/c1-3-5-7-9-11-13-15-17-19-21-23-25-29(33)28(27-39(36,37)38)32-31(35)30(34)26-24-22-20-18-16-14-12-10-8-6-4-2/h15,17,23,25,28-30,33-34H,3-14,16,18-22,24,26-27H2,1-2H3,(H,32,35)(H,36,37,38)/b17-15+,25-23+. The number of nitrogens with one attached hydrogen (secondary N) is 1. The molecule has 0 rings (SSSR count). The van der Waals surface area contributed by atoms with E-state index in [0.29, 0.717) is 12.8 Å². The van der Waals surface area contributed by atoms with Gasteiger partial charge in [0.15, 0.2) is 0 Å². The fourth-order valence-corrected chi connectivity index (χ4v) is 5.26. The summed E-state index contributed by atoms with van der Waals surface area (Å²) < 4.78 is 32.2. The zero-order valence-corrected chi connectivity index (χ0v) is 25.7. The maximum Gasteiger partial charge on any atom is 0.267 e. The summed E-state index contributed by atoms with van der Waals surface area (Å²) in [6.07, 6.45) is 26.7. The van der Waals surface area contributed by atoms with E-state index in [4.69, 9.17) is 0 Å². The molecule has 0 aromatic rings. The van der Waals surface area contributed by atoms with Crippen molar-refractivity contribution < 1.29 is 28.0 Å². The van der Waals surface area contributed by atoms with Gasteiger partial charge in [0.2, 0.25) is 5.91 Å². The Morgan fingerprint density at radius 1 is 0.692 bits per heavy atom. The summed E-state index contributed by atoms with van der Waals surface area (Å²) in [4.78, 5) is 12.4. The molecule has 0 aromatic carbocycles. The number of hydrogen-bond donors (Lipinski definition) is 4. The van der Waals surface area contributed by atoms with Gasteiger partial charge in [-0.3, -0.25) is 9.35 Å². The van der Waals surface area contributed by atoms with Crippen LogP contribution in [0.5, 0.6) is 0 Å². The molecule has 39 heavy (non-hydrogen) atoms. The molecule has 7 nitrogen and oxygen atoms in total. The minimum atomic E-state index is -4.43. The molecule has 3 unspecified atom stereocenters. The highest BCUT2D eigenvalue weighted by molar-refractivity contribution is 7.85. The second-order valence-electron chi connectivity index (χ2n) is 10.9. The SMILES string of the molecule is CCCCCCC/C=C/CC/C=C/C(O)C(CS(=O)(=O)O)NC(=O)C(O)CCCCCCCCCCCCC. The van der Waals surface area contributed by atoms with Crippen LogP contribution in [0.1, 0.15) is 142 Å². The Balaban J connectivity index is 4.30. The molecule has 0 spiro atoms. The lowest BCUT2D eigenvalue weighted by Gasteiger charge is -2.22. The predicted octanol–water partition coefficient (Wildman–Crippen LogP) is 7.04. The molecule has 0 saturated carbocycles. The van der Waals surface area contributed by atoms with E-state index in [1.54, 1.807) is 6.08 Å². The Kier molecular flexibility index (Phi) is 24.9. The van der Waals surface area contributed by atoms with Crippen LogP contribution in [0.2, 0.25) is 0 Å². The van der Waals surface area contributed by atoms with E-state index in [9.17, 15) is 28.0 Å². The van der Waals surface area contributed by atoms with Crippen LogP contribution in [-0.2, 0) is 14.9 Å². The van der Waals surface area contributed by atoms with Crippen LogP contribution in [0.3, 0.4) is 0 Å². The molecule has 0 radical (unpaired) electrons. The summed E-state index contributed by atoms with van der Waals surface area (Å²) >= 11 is 0. The molecular formula is C31H59NO6S. The van der Waals surface area contributed by atoms with Crippen LogP contribution in [0.25, 0.3) is 0 Å². The van der Waals surface area contributed by atoms with E-state index < -0.39 is 40.0 Å². The van der Waals surface area contributed by atoms with Gasteiger partial charge in [0.1, 0.15) is 6.10 Å². The molecule has 0 aliphatic carbocycles. The quantitative estimate of drug-likeness (QED) is 0.0475. The minimum absolute atomic E-state index is 0.276. The average Bonchev–Trinajstić information content (AvgIpc) is 2.88. The predicted molar refractivity (Wildman–Crippen MR) is 162 cm³/mol. The zero-order chi connectivity index (χ0) is 29.2. The van der Waals surface area contributed by atoms with Crippen molar-refractivity contribution in [1.29, 1.82) is 0 Å². The molecule has 230 valence electrons. The first-order valence-electron chi connectivity index (χ1n) is 15.6. The summed E-state index contributed by atoms with van der Waals surface area (Å²) in [5.41, 5.74) is 0. The number of carbonyl (C=O) groups is 1. The molecule has 0 saturated heterocycles. The fourth-order valence-electron chi connectivity index (χ4n) is 4.53. The van der Waals surface area contributed by atoms with Crippen molar-refractivity contribution in [2.45, 2.75) is 161 Å². The number of rotatable bonds is 27. The number of allylic oxidation sites excluding steroid dienone is 3. The maximum atomic E-state index is 12.4. The lowest BCUT2D eigenvalue weighted by atomic mass is 10.0. The van der Waals surface area contributed by atoms with Crippen LogP contribution in [0.15, 0.2) is 24.3 Å². The molecule has 0 aliphatic heterocycles. The van der Waals surface area contributed by atoms with Crippen molar-refractivity contribution in [2.24, 2.45) is 0 Å². The van der Waals surface area contributed by atoms with Crippen LogP contribution in [0, 0.1) is 0 Å². The van der Waals surface area contributed by atoms with Gasteiger partial charge in [0.25, 0.3) is 10.1 Å². The van der Waals surface area contributed by atoms with Crippen LogP contribution >= 0.6 is 0 Å². The first kappa shape index (κ1) is 37.8. The third-order valence-electron chi connectivity index (χ3n) is 6.99. The van der Waals surface area contributed by atoms with Crippen molar-refractivity contribution in [3.05, 3.63) is 24.3 Å². The third kappa shape index (κ3) is 25.5. The minimum Gasteiger partial charge on any atom is -0.387 e. The Labute approximate surface area is 239 Å². The Bertz CT molecular complexity index is 737. The summed E-state index contributed by atoms with van der Waals surface area (Å²) in [5, 5.41) is 23.1. The second kappa shape index (κ2) is 25.7. The number of amides is 1.